The minimum atomic E-state index is -4.75. The maximum absolute atomic E-state index is 13.7. The lowest BCUT2D eigenvalue weighted by Crippen LogP contribution is -2.21. The van der Waals surface area contributed by atoms with Crippen LogP contribution < -0.4 is 5.14 Å². The molecule has 0 aliphatic heterocycles. The molecular weight excluding hydrogens is 355 g/mol. The van der Waals surface area contributed by atoms with Gasteiger partial charge in [0.15, 0.2) is 0 Å². The number of hydrogen-bond acceptors (Lipinski definition) is 3. The van der Waals surface area contributed by atoms with Gasteiger partial charge in [-0.15, -0.1) is 0 Å². The molecule has 0 radical (unpaired) electrons. The van der Waals surface area contributed by atoms with E-state index >= 15 is 0 Å². The van der Waals surface area contributed by atoms with Crippen LogP contribution in [0.2, 0.25) is 0 Å². The maximum atomic E-state index is 13.7. The van der Waals surface area contributed by atoms with Crippen LogP contribution in [-0.4, -0.2) is 18.2 Å². The van der Waals surface area contributed by atoms with E-state index in [1.54, 1.807) is 0 Å². The fourth-order valence-electron chi connectivity index (χ4n) is 3.03. The van der Waals surface area contributed by atoms with Gasteiger partial charge in [0.25, 0.3) is 0 Å². The summed E-state index contributed by atoms with van der Waals surface area (Å²) in [5.74, 6) is -0.182. The van der Waals surface area contributed by atoms with Gasteiger partial charge >= 0.3 is 6.18 Å². The first-order valence-corrected chi connectivity index (χ1v) is 9.15. The summed E-state index contributed by atoms with van der Waals surface area (Å²) in [6, 6.07) is 3.66. The first-order valence-electron chi connectivity index (χ1n) is 7.61. The molecule has 2 aromatic rings. The van der Waals surface area contributed by atoms with Crippen molar-refractivity contribution in [2.24, 2.45) is 5.14 Å². The molecule has 1 unspecified atom stereocenters. The number of sulfonamides is 1. The minimum Gasteiger partial charge on any atom is -0.239 e. The highest BCUT2D eigenvalue weighted by Gasteiger charge is 2.38. The molecule has 1 aliphatic carbocycles. The fraction of sp³-hybridized carbons (Fsp3) is 0.312. The second-order valence-corrected chi connectivity index (χ2v) is 7.42. The molecule has 1 aromatic heterocycles. The number of hydrogen-bond donors (Lipinski definition) is 1. The molecule has 1 aromatic carbocycles. The van der Waals surface area contributed by atoms with Crippen LogP contribution in [0.3, 0.4) is 0 Å². The van der Waals surface area contributed by atoms with E-state index in [0.717, 1.165) is 17.2 Å². The van der Waals surface area contributed by atoms with Gasteiger partial charge in [0.05, 0.1) is 11.3 Å². The molecule has 0 amide bonds. The number of allylic oxidation sites excluding steroid dienone is 2. The zero-order valence-electron chi connectivity index (χ0n) is 13.1. The average Bonchev–Trinajstić information content (AvgIpc) is 3.07. The largest absolute Gasteiger partial charge is 0.418 e. The number of nitrogens with two attached hydrogens (primary N) is 1. The van der Waals surface area contributed by atoms with E-state index < -0.39 is 32.3 Å². The Kier molecular flexibility index (Phi) is 4.46. The molecule has 0 spiro atoms. The summed E-state index contributed by atoms with van der Waals surface area (Å²) in [5, 5.41) is 8.99. The van der Waals surface area contributed by atoms with Crippen molar-refractivity contribution in [1.82, 2.24) is 9.78 Å². The first-order chi connectivity index (χ1) is 11.7. The van der Waals surface area contributed by atoms with Crippen LogP contribution in [0.25, 0.3) is 5.69 Å². The van der Waals surface area contributed by atoms with Crippen LogP contribution in [0.5, 0.6) is 0 Å². The van der Waals surface area contributed by atoms with E-state index in [9.17, 15) is 21.6 Å². The summed E-state index contributed by atoms with van der Waals surface area (Å²) in [7, 11) is -4.38. The van der Waals surface area contributed by atoms with E-state index in [-0.39, 0.29) is 5.92 Å². The lowest BCUT2D eigenvalue weighted by atomic mass is 9.86. The molecule has 134 valence electrons. The standard InChI is InChI=1S/C16H16F3N3O2S/c17-16(18,19)13-9-12(11-5-2-1-3-6-11)10-14(25(20,23)24)15(13)22-8-4-7-21-22/h1-2,4,7-11H,3,5-6H2,(H2,20,23,24). The molecule has 25 heavy (non-hydrogen) atoms. The van der Waals surface area contributed by atoms with Gasteiger partial charge in [-0.3, -0.25) is 0 Å². The Labute approximate surface area is 143 Å². The molecule has 2 N–H and O–H groups in total. The molecular formula is C16H16F3N3O2S. The smallest absolute Gasteiger partial charge is 0.239 e. The normalized spacial score (nSPS) is 18.5. The SMILES string of the molecule is NS(=O)(=O)c1cc(C2CC=CCC2)cc(C(F)(F)F)c1-n1cccn1. The van der Waals surface area contributed by atoms with Crippen molar-refractivity contribution in [1.29, 1.82) is 0 Å². The van der Waals surface area contributed by atoms with Gasteiger partial charge in [0, 0.05) is 12.4 Å². The quantitative estimate of drug-likeness (QED) is 0.841. The van der Waals surface area contributed by atoms with E-state index in [4.69, 9.17) is 5.14 Å². The van der Waals surface area contributed by atoms with E-state index in [0.29, 0.717) is 18.4 Å². The number of rotatable bonds is 3. The Hall–Kier alpha value is -2.13. The zero-order valence-corrected chi connectivity index (χ0v) is 13.9. The van der Waals surface area contributed by atoms with Crippen LogP contribution in [0, 0.1) is 0 Å². The van der Waals surface area contributed by atoms with Gasteiger partial charge < -0.3 is 0 Å². The molecule has 1 atom stereocenters. The number of primary sulfonamides is 1. The summed E-state index contributed by atoms with van der Waals surface area (Å²) in [4.78, 5) is -0.574. The van der Waals surface area contributed by atoms with Gasteiger partial charge in [0.1, 0.15) is 4.90 Å². The summed E-state index contributed by atoms with van der Waals surface area (Å²) < 4.78 is 65.9. The minimum absolute atomic E-state index is 0.182. The maximum Gasteiger partial charge on any atom is 0.418 e. The predicted molar refractivity (Wildman–Crippen MR) is 85.7 cm³/mol. The third-order valence-electron chi connectivity index (χ3n) is 4.18. The van der Waals surface area contributed by atoms with Crippen molar-refractivity contribution < 1.29 is 21.6 Å². The number of aromatic nitrogens is 2. The molecule has 1 aliphatic rings. The third kappa shape index (κ3) is 3.62. The lowest BCUT2D eigenvalue weighted by molar-refractivity contribution is -0.137. The fourth-order valence-corrected chi connectivity index (χ4v) is 3.80. The van der Waals surface area contributed by atoms with Crippen molar-refractivity contribution in [2.45, 2.75) is 36.3 Å². The summed E-state index contributed by atoms with van der Waals surface area (Å²) >= 11 is 0. The summed E-state index contributed by atoms with van der Waals surface area (Å²) in [6.07, 6.45) is 3.56. The number of alkyl halides is 3. The zero-order chi connectivity index (χ0) is 18.2. The van der Waals surface area contributed by atoms with Gasteiger partial charge in [-0.25, -0.2) is 18.2 Å². The molecule has 0 bridgehead atoms. The Bertz CT molecular complexity index is 903. The molecule has 0 saturated carbocycles. The number of benzene rings is 1. The Morgan fingerprint density at radius 1 is 1.24 bits per heavy atom. The van der Waals surface area contributed by atoms with Gasteiger partial charge in [-0.05, 0) is 48.9 Å². The second-order valence-electron chi connectivity index (χ2n) is 5.89. The van der Waals surface area contributed by atoms with E-state index in [1.807, 2.05) is 12.2 Å². The summed E-state index contributed by atoms with van der Waals surface area (Å²) in [6.45, 7) is 0. The van der Waals surface area contributed by atoms with E-state index in [2.05, 4.69) is 5.10 Å². The molecule has 3 rings (SSSR count). The van der Waals surface area contributed by atoms with Crippen molar-refractivity contribution in [3.8, 4) is 5.69 Å². The van der Waals surface area contributed by atoms with E-state index in [1.165, 1.54) is 24.5 Å². The third-order valence-corrected chi connectivity index (χ3v) is 5.11. The highest BCUT2D eigenvalue weighted by atomic mass is 32.2. The molecule has 0 saturated heterocycles. The lowest BCUT2D eigenvalue weighted by Gasteiger charge is -2.23. The highest BCUT2D eigenvalue weighted by Crippen LogP contribution is 2.40. The molecule has 0 fully saturated rings. The Balaban J connectivity index is 2.31. The van der Waals surface area contributed by atoms with Crippen LogP contribution in [-0.2, 0) is 16.2 Å². The number of nitrogens with zero attached hydrogens (tertiary/aromatic N) is 2. The van der Waals surface area contributed by atoms with Gasteiger partial charge in [-0.1, -0.05) is 12.2 Å². The van der Waals surface area contributed by atoms with Crippen LogP contribution in [0.4, 0.5) is 13.2 Å². The Morgan fingerprint density at radius 3 is 2.52 bits per heavy atom. The predicted octanol–water partition coefficient (Wildman–Crippen LogP) is 3.36. The van der Waals surface area contributed by atoms with Crippen LogP contribution in [0.15, 0.2) is 47.6 Å². The van der Waals surface area contributed by atoms with Crippen molar-refractivity contribution >= 4 is 10.0 Å². The molecule has 5 nitrogen and oxygen atoms in total. The van der Waals surface area contributed by atoms with Crippen LogP contribution in [0.1, 0.15) is 36.3 Å². The van der Waals surface area contributed by atoms with Crippen molar-refractivity contribution in [3.05, 3.63) is 53.9 Å². The van der Waals surface area contributed by atoms with Crippen LogP contribution >= 0.6 is 0 Å². The molecule has 9 heteroatoms. The summed E-state index contributed by atoms with van der Waals surface area (Å²) in [5.41, 5.74) is -1.32. The highest BCUT2D eigenvalue weighted by molar-refractivity contribution is 7.89. The first kappa shape index (κ1) is 17.7. The topological polar surface area (TPSA) is 78.0 Å². The van der Waals surface area contributed by atoms with Gasteiger partial charge in [0.2, 0.25) is 10.0 Å². The average molecular weight is 371 g/mol. The molecule has 1 heterocycles. The number of halogens is 3. The Morgan fingerprint density at radius 2 is 2.00 bits per heavy atom. The van der Waals surface area contributed by atoms with Gasteiger partial charge in [-0.2, -0.15) is 18.3 Å². The van der Waals surface area contributed by atoms with Crippen molar-refractivity contribution in [2.75, 3.05) is 0 Å². The van der Waals surface area contributed by atoms with Crippen molar-refractivity contribution in [3.63, 3.8) is 0 Å². The second kappa shape index (κ2) is 6.30. The monoisotopic (exact) mass is 371 g/mol.